The van der Waals surface area contributed by atoms with Crippen LogP contribution in [0, 0.1) is 13.8 Å². The van der Waals surface area contributed by atoms with Crippen LogP contribution in [0.2, 0.25) is 0 Å². The van der Waals surface area contributed by atoms with Crippen molar-refractivity contribution in [1.29, 1.82) is 0 Å². The third-order valence-electron chi connectivity index (χ3n) is 6.35. The number of nitrogens with one attached hydrogen (secondary N) is 1. The molecule has 1 saturated heterocycles. The van der Waals surface area contributed by atoms with Crippen LogP contribution in [-0.4, -0.2) is 61.3 Å². The molecular weight excluding hydrogens is 416 g/mol. The minimum absolute atomic E-state index is 0.132. The fraction of sp³-hybridized carbons (Fsp3) is 0.520. The van der Waals surface area contributed by atoms with E-state index >= 15 is 0 Å². The monoisotopic (exact) mass is 450 g/mol. The molecule has 1 saturated carbocycles. The number of hydrogen-bond donors (Lipinski definition) is 1. The van der Waals surface area contributed by atoms with Gasteiger partial charge in [-0.15, -0.1) is 0 Å². The van der Waals surface area contributed by atoms with Gasteiger partial charge in [-0.3, -0.25) is 15.0 Å². The van der Waals surface area contributed by atoms with Crippen molar-refractivity contribution >= 4 is 35.8 Å². The Balaban J connectivity index is 1.45. The third kappa shape index (κ3) is 5.68. The summed E-state index contributed by atoms with van der Waals surface area (Å²) in [5, 5.41) is 3.54. The maximum Gasteiger partial charge on any atom is 0.149 e. The van der Waals surface area contributed by atoms with Gasteiger partial charge in [0.05, 0.1) is 42.6 Å². The molecule has 8 nitrogen and oxygen atoms in total. The van der Waals surface area contributed by atoms with Gasteiger partial charge in [-0.25, -0.2) is 4.98 Å². The lowest BCUT2D eigenvalue weighted by Crippen LogP contribution is -2.36. The normalized spacial score (nSPS) is 21.2. The van der Waals surface area contributed by atoms with Gasteiger partial charge in [0, 0.05) is 37.1 Å². The Bertz CT molecular complexity index is 995. The highest BCUT2D eigenvalue weighted by atomic mass is 16.5. The number of aromatic nitrogens is 2. The standard InChI is InChI=1S/C25H34N6O2/c1-5-27-22-14-20(31-10-12-32-13-11-31)15-23(25(22)26-4)33-21-8-6-19(7-9-21)30-24-16-28-17(2)18(3)29-24/h5,14-16,19,21H,4,6-13H2,1-3H3,(H,29,30)/b27-5-/t19-,21+. The van der Waals surface area contributed by atoms with Gasteiger partial charge in [-0.2, -0.15) is 0 Å². The second-order valence-corrected chi connectivity index (χ2v) is 8.62. The average Bonchev–Trinajstić information content (AvgIpc) is 2.83. The zero-order chi connectivity index (χ0) is 23.2. The number of ether oxygens (including phenoxy) is 2. The predicted molar refractivity (Wildman–Crippen MR) is 134 cm³/mol. The van der Waals surface area contributed by atoms with E-state index in [1.807, 2.05) is 27.0 Å². The Morgan fingerprint density at radius 3 is 2.58 bits per heavy atom. The number of morpholine rings is 1. The quantitative estimate of drug-likeness (QED) is 0.611. The molecule has 1 N–H and O–H groups in total. The van der Waals surface area contributed by atoms with E-state index < -0.39 is 0 Å². The summed E-state index contributed by atoms with van der Waals surface area (Å²) in [5.74, 6) is 1.60. The summed E-state index contributed by atoms with van der Waals surface area (Å²) >= 11 is 0. The van der Waals surface area contributed by atoms with E-state index in [1.165, 1.54) is 0 Å². The molecule has 2 aromatic rings. The molecule has 0 bridgehead atoms. The summed E-state index contributed by atoms with van der Waals surface area (Å²) in [4.78, 5) is 20.1. The van der Waals surface area contributed by atoms with Crippen molar-refractivity contribution in [2.24, 2.45) is 9.98 Å². The van der Waals surface area contributed by atoms with E-state index in [4.69, 9.17) is 9.47 Å². The minimum Gasteiger partial charge on any atom is -0.488 e. The van der Waals surface area contributed by atoms with Crippen LogP contribution in [0.25, 0.3) is 0 Å². The van der Waals surface area contributed by atoms with Gasteiger partial charge in [-0.1, -0.05) is 0 Å². The first-order valence-electron chi connectivity index (χ1n) is 11.8. The van der Waals surface area contributed by atoms with Gasteiger partial charge in [-0.05, 0) is 59.2 Å². The van der Waals surface area contributed by atoms with Crippen LogP contribution < -0.4 is 15.0 Å². The van der Waals surface area contributed by atoms with Crippen LogP contribution in [0.1, 0.15) is 44.0 Å². The van der Waals surface area contributed by atoms with Crippen LogP contribution in [0.5, 0.6) is 5.75 Å². The van der Waals surface area contributed by atoms with Gasteiger partial charge in [0.25, 0.3) is 0 Å². The molecule has 0 atom stereocenters. The van der Waals surface area contributed by atoms with Crippen molar-refractivity contribution in [2.45, 2.75) is 58.6 Å². The van der Waals surface area contributed by atoms with Crippen LogP contribution in [0.4, 0.5) is 22.9 Å². The second-order valence-electron chi connectivity index (χ2n) is 8.62. The molecule has 0 radical (unpaired) electrons. The van der Waals surface area contributed by atoms with Crippen molar-refractivity contribution in [1.82, 2.24) is 9.97 Å². The average molecular weight is 451 g/mol. The van der Waals surface area contributed by atoms with E-state index in [-0.39, 0.29) is 6.10 Å². The molecule has 1 aliphatic carbocycles. The molecule has 0 amide bonds. The zero-order valence-electron chi connectivity index (χ0n) is 19.9. The van der Waals surface area contributed by atoms with Crippen molar-refractivity contribution in [3.05, 3.63) is 29.7 Å². The SMILES string of the molecule is C=Nc1c(/N=C\C)cc(N2CCOCC2)cc1O[C@H]1CC[C@@H](Nc2cnc(C)c(C)n2)CC1. The van der Waals surface area contributed by atoms with Crippen LogP contribution in [-0.2, 0) is 4.74 Å². The van der Waals surface area contributed by atoms with E-state index in [0.717, 1.165) is 86.3 Å². The van der Waals surface area contributed by atoms with Crippen LogP contribution in [0.15, 0.2) is 28.3 Å². The summed E-state index contributed by atoms with van der Waals surface area (Å²) < 4.78 is 12.0. The lowest BCUT2D eigenvalue weighted by Gasteiger charge is -2.32. The maximum absolute atomic E-state index is 6.51. The Labute approximate surface area is 196 Å². The van der Waals surface area contributed by atoms with E-state index in [0.29, 0.717) is 11.7 Å². The molecule has 176 valence electrons. The molecule has 2 fully saturated rings. The number of benzene rings is 1. The molecule has 8 heteroatoms. The molecular formula is C25H34N6O2. The van der Waals surface area contributed by atoms with Crippen molar-refractivity contribution in [3.8, 4) is 5.75 Å². The fourth-order valence-corrected chi connectivity index (χ4v) is 4.39. The largest absolute Gasteiger partial charge is 0.488 e. The highest BCUT2D eigenvalue weighted by molar-refractivity contribution is 5.80. The fourth-order valence-electron chi connectivity index (χ4n) is 4.39. The van der Waals surface area contributed by atoms with Gasteiger partial charge >= 0.3 is 0 Å². The zero-order valence-corrected chi connectivity index (χ0v) is 19.9. The lowest BCUT2D eigenvalue weighted by atomic mass is 9.93. The smallest absolute Gasteiger partial charge is 0.149 e. The Hall–Kier alpha value is -3.00. The van der Waals surface area contributed by atoms with Crippen molar-refractivity contribution in [2.75, 3.05) is 36.5 Å². The first-order valence-corrected chi connectivity index (χ1v) is 11.8. The molecule has 1 aromatic heterocycles. The van der Waals surface area contributed by atoms with Gasteiger partial charge in [0.15, 0.2) is 0 Å². The summed E-state index contributed by atoms with van der Waals surface area (Å²) in [6, 6.07) is 4.52. The summed E-state index contributed by atoms with van der Waals surface area (Å²) in [5.41, 5.74) is 4.51. The third-order valence-corrected chi connectivity index (χ3v) is 6.35. The molecule has 2 heterocycles. The molecule has 4 rings (SSSR count). The summed E-state index contributed by atoms with van der Waals surface area (Å²) in [7, 11) is 0. The molecule has 1 aliphatic heterocycles. The summed E-state index contributed by atoms with van der Waals surface area (Å²) in [6.45, 7) is 12.8. The van der Waals surface area contributed by atoms with Crippen molar-refractivity contribution in [3.63, 3.8) is 0 Å². The van der Waals surface area contributed by atoms with Crippen molar-refractivity contribution < 1.29 is 9.47 Å². The lowest BCUT2D eigenvalue weighted by molar-refractivity contribution is 0.122. The van der Waals surface area contributed by atoms with E-state index in [1.54, 1.807) is 6.21 Å². The number of aliphatic imine (C=N–C) groups is 2. The first kappa shape index (κ1) is 23.2. The Morgan fingerprint density at radius 1 is 1.15 bits per heavy atom. The summed E-state index contributed by atoms with van der Waals surface area (Å²) in [6.07, 6.45) is 7.68. The van der Waals surface area contributed by atoms with Crippen LogP contribution in [0.3, 0.4) is 0 Å². The number of hydrogen-bond acceptors (Lipinski definition) is 8. The highest BCUT2D eigenvalue weighted by Crippen LogP contribution is 2.43. The number of nitrogens with zero attached hydrogens (tertiary/aromatic N) is 5. The van der Waals surface area contributed by atoms with Gasteiger partial charge in [0.2, 0.25) is 0 Å². The topological polar surface area (TPSA) is 84.2 Å². The molecule has 2 aliphatic rings. The Morgan fingerprint density at radius 2 is 1.91 bits per heavy atom. The minimum atomic E-state index is 0.132. The number of aryl methyl sites for hydroxylation is 2. The highest BCUT2D eigenvalue weighted by Gasteiger charge is 2.25. The molecule has 0 unspecified atom stereocenters. The molecule has 33 heavy (non-hydrogen) atoms. The second kappa shape index (κ2) is 10.7. The Kier molecular flexibility index (Phi) is 7.54. The molecule has 1 aromatic carbocycles. The van der Waals surface area contributed by atoms with E-state index in [9.17, 15) is 0 Å². The first-order chi connectivity index (χ1) is 16.1. The molecule has 0 spiro atoms. The number of rotatable bonds is 7. The maximum atomic E-state index is 6.51. The predicted octanol–water partition coefficient (Wildman–Crippen LogP) is 4.79. The van der Waals surface area contributed by atoms with E-state index in [2.05, 4.69) is 49.0 Å². The number of anilines is 2. The van der Waals surface area contributed by atoms with Gasteiger partial charge in [0.1, 0.15) is 17.3 Å². The van der Waals surface area contributed by atoms with Gasteiger partial charge < -0.3 is 19.7 Å². The van der Waals surface area contributed by atoms with Crippen LogP contribution >= 0.6 is 0 Å².